The van der Waals surface area contributed by atoms with E-state index in [-0.39, 0.29) is 10.0 Å². The fourth-order valence-electron chi connectivity index (χ4n) is 1.39. The lowest BCUT2D eigenvalue weighted by atomic mass is 10.3. The van der Waals surface area contributed by atoms with Gasteiger partial charge in [-0.25, -0.2) is 0 Å². The molecule has 0 N–H and O–H groups in total. The molecule has 0 amide bonds. The van der Waals surface area contributed by atoms with Gasteiger partial charge in [-0.15, -0.1) is 25.3 Å². The molecule has 0 fully saturated rings. The van der Waals surface area contributed by atoms with Crippen LogP contribution >= 0.6 is 48.5 Å². The van der Waals surface area contributed by atoms with Gasteiger partial charge in [-0.1, -0.05) is 41.4 Å². The average molecular weight is 335 g/mol. The number of benzene rings is 2. The molecule has 0 aliphatic rings. The van der Waals surface area contributed by atoms with Gasteiger partial charge in [0.15, 0.2) is 9.79 Å². The van der Waals surface area contributed by atoms with E-state index in [0.29, 0.717) is 19.6 Å². The Labute approximate surface area is 129 Å². The second-order valence-corrected chi connectivity index (χ2v) is 6.59. The maximum absolute atomic E-state index is 12.4. The summed E-state index contributed by atoms with van der Waals surface area (Å²) in [7, 11) is 0. The van der Waals surface area contributed by atoms with Gasteiger partial charge in [0.2, 0.25) is 0 Å². The van der Waals surface area contributed by atoms with Crippen LogP contribution in [0.4, 0.5) is 0 Å². The third kappa shape index (κ3) is 2.79. The van der Waals surface area contributed by atoms with Crippen LogP contribution in [-0.4, -0.2) is 4.55 Å². The van der Waals surface area contributed by atoms with Crippen LogP contribution in [-0.2, 0) is 11.2 Å². The molecule has 6 heteroatoms. The molecule has 2 aromatic carbocycles. The molecule has 94 valence electrons. The first-order valence-electron chi connectivity index (χ1n) is 4.89. The van der Waals surface area contributed by atoms with Gasteiger partial charge in [0, 0.05) is 27.0 Å². The minimum Gasteiger partial charge on any atom is -0.606 e. The Kier molecular flexibility index (Phi) is 4.80. The predicted octanol–water partition coefficient (Wildman–Crippen LogP) is 4.74. The standard InChI is InChI=1S/C12H8Cl2OS3/c13-10-9(6-8(16)12(17)11(10)14)18(15)7-4-2-1-3-5-7/h1-6,16-17H. The molecule has 0 radical (unpaired) electrons. The number of rotatable bonds is 2. The van der Waals surface area contributed by atoms with Crippen LogP contribution in [0.5, 0.6) is 0 Å². The molecule has 18 heavy (non-hydrogen) atoms. The Morgan fingerprint density at radius 3 is 2.22 bits per heavy atom. The summed E-state index contributed by atoms with van der Waals surface area (Å²) in [5.74, 6) is 0. The normalized spacial score (nSPS) is 12.5. The van der Waals surface area contributed by atoms with E-state index < -0.39 is 11.2 Å². The van der Waals surface area contributed by atoms with Crippen LogP contribution in [0.1, 0.15) is 0 Å². The Balaban J connectivity index is 2.52. The number of hydrogen-bond acceptors (Lipinski definition) is 3. The van der Waals surface area contributed by atoms with Gasteiger partial charge >= 0.3 is 0 Å². The van der Waals surface area contributed by atoms with Gasteiger partial charge in [0.05, 0.1) is 5.02 Å². The highest BCUT2D eigenvalue weighted by Gasteiger charge is 2.23. The summed E-state index contributed by atoms with van der Waals surface area (Å²) in [6.45, 7) is 0. The monoisotopic (exact) mass is 334 g/mol. The van der Waals surface area contributed by atoms with Crippen molar-refractivity contribution >= 4 is 59.6 Å². The molecule has 0 aromatic heterocycles. The molecule has 1 atom stereocenters. The van der Waals surface area contributed by atoms with E-state index in [4.69, 9.17) is 23.2 Å². The highest BCUT2D eigenvalue weighted by molar-refractivity contribution is 7.91. The minimum atomic E-state index is -1.39. The highest BCUT2D eigenvalue weighted by Crippen LogP contribution is 2.39. The molecule has 1 nitrogen and oxygen atoms in total. The Morgan fingerprint density at radius 2 is 1.61 bits per heavy atom. The summed E-state index contributed by atoms with van der Waals surface area (Å²) in [4.78, 5) is 2.14. The molecule has 0 aliphatic heterocycles. The van der Waals surface area contributed by atoms with Crippen molar-refractivity contribution in [2.24, 2.45) is 0 Å². The molecule has 0 heterocycles. The van der Waals surface area contributed by atoms with E-state index in [1.807, 2.05) is 18.2 Å². The van der Waals surface area contributed by atoms with E-state index in [2.05, 4.69) is 25.3 Å². The van der Waals surface area contributed by atoms with Crippen molar-refractivity contribution in [3.8, 4) is 0 Å². The first-order valence-corrected chi connectivity index (χ1v) is 7.69. The molecule has 0 saturated carbocycles. The summed E-state index contributed by atoms with van der Waals surface area (Å²) in [5, 5.41) is 0.522. The van der Waals surface area contributed by atoms with Crippen LogP contribution in [0, 0.1) is 0 Å². The lowest BCUT2D eigenvalue weighted by Crippen LogP contribution is -2.03. The number of thiol groups is 2. The maximum Gasteiger partial charge on any atom is 0.179 e. The van der Waals surface area contributed by atoms with Gasteiger partial charge in [-0.3, -0.25) is 0 Å². The molecule has 0 aliphatic carbocycles. The van der Waals surface area contributed by atoms with Gasteiger partial charge in [-0.2, -0.15) is 0 Å². The SMILES string of the molecule is [O-][S+](c1ccccc1)c1cc(S)c(S)c(Cl)c1Cl. The van der Waals surface area contributed by atoms with Gasteiger partial charge in [-0.05, 0) is 12.1 Å². The molecular formula is C12H8Cl2OS3. The second kappa shape index (κ2) is 5.99. The van der Waals surface area contributed by atoms with Crippen molar-refractivity contribution in [3.05, 3.63) is 46.4 Å². The second-order valence-electron chi connectivity index (χ2n) is 3.45. The van der Waals surface area contributed by atoms with E-state index in [1.54, 1.807) is 18.2 Å². The first-order chi connectivity index (χ1) is 8.52. The Morgan fingerprint density at radius 1 is 1.00 bits per heavy atom. The molecule has 0 bridgehead atoms. The summed E-state index contributed by atoms with van der Waals surface area (Å²) in [5.41, 5.74) is 0. The van der Waals surface area contributed by atoms with Crippen molar-refractivity contribution in [3.63, 3.8) is 0 Å². The fourth-order valence-corrected chi connectivity index (χ4v) is 3.79. The van der Waals surface area contributed by atoms with E-state index in [0.717, 1.165) is 0 Å². The predicted molar refractivity (Wildman–Crippen MR) is 82.1 cm³/mol. The zero-order chi connectivity index (χ0) is 13.3. The van der Waals surface area contributed by atoms with Crippen LogP contribution in [0.25, 0.3) is 0 Å². The topological polar surface area (TPSA) is 23.1 Å². The van der Waals surface area contributed by atoms with Gasteiger partial charge in [0.1, 0.15) is 5.02 Å². The molecule has 1 unspecified atom stereocenters. The number of hydrogen-bond donors (Lipinski definition) is 2. The average Bonchev–Trinajstić information content (AvgIpc) is 2.41. The summed E-state index contributed by atoms with van der Waals surface area (Å²) in [6, 6.07) is 10.7. The van der Waals surface area contributed by atoms with Crippen molar-refractivity contribution in [1.29, 1.82) is 0 Å². The fraction of sp³-hybridized carbons (Fsp3) is 0. The van der Waals surface area contributed by atoms with Crippen LogP contribution in [0.2, 0.25) is 10.0 Å². The van der Waals surface area contributed by atoms with Crippen LogP contribution in [0.3, 0.4) is 0 Å². The minimum absolute atomic E-state index is 0.252. The van der Waals surface area contributed by atoms with Crippen LogP contribution in [0.15, 0.2) is 56.0 Å². The van der Waals surface area contributed by atoms with Crippen molar-refractivity contribution in [1.82, 2.24) is 0 Å². The molecule has 2 rings (SSSR count). The summed E-state index contributed by atoms with van der Waals surface area (Å²) >= 11 is 19.2. The highest BCUT2D eigenvalue weighted by atomic mass is 35.5. The first kappa shape index (κ1) is 14.4. The smallest absolute Gasteiger partial charge is 0.179 e. The van der Waals surface area contributed by atoms with Gasteiger partial charge in [0.25, 0.3) is 0 Å². The Hall–Kier alpha value is 0.0300. The van der Waals surface area contributed by atoms with E-state index in [9.17, 15) is 4.55 Å². The molecular weight excluding hydrogens is 327 g/mol. The maximum atomic E-state index is 12.4. The van der Waals surface area contributed by atoms with Gasteiger partial charge < -0.3 is 4.55 Å². The van der Waals surface area contributed by atoms with E-state index in [1.165, 1.54) is 0 Å². The number of halogens is 2. The zero-order valence-electron chi connectivity index (χ0n) is 8.93. The van der Waals surface area contributed by atoms with Crippen molar-refractivity contribution < 1.29 is 4.55 Å². The van der Waals surface area contributed by atoms with E-state index >= 15 is 0 Å². The molecule has 0 saturated heterocycles. The quantitative estimate of drug-likeness (QED) is 0.601. The Bertz CT molecular complexity index is 575. The van der Waals surface area contributed by atoms with Crippen molar-refractivity contribution in [2.45, 2.75) is 19.6 Å². The lowest BCUT2D eigenvalue weighted by Gasteiger charge is -2.13. The van der Waals surface area contributed by atoms with Crippen molar-refractivity contribution in [2.75, 3.05) is 0 Å². The summed E-state index contributed by atoms with van der Waals surface area (Å²) in [6.07, 6.45) is 0. The van der Waals surface area contributed by atoms with Crippen LogP contribution < -0.4 is 0 Å². The molecule has 0 spiro atoms. The third-order valence-corrected chi connectivity index (χ3v) is 5.81. The summed E-state index contributed by atoms with van der Waals surface area (Å²) < 4.78 is 12.4. The zero-order valence-corrected chi connectivity index (χ0v) is 13.0. The largest absolute Gasteiger partial charge is 0.606 e. The lowest BCUT2D eigenvalue weighted by molar-refractivity contribution is 0.594. The molecule has 2 aromatic rings. The third-order valence-electron chi connectivity index (χ3n) is 2.28.